The molecule has 2 rings (SSSR count). The summed E-state index contributed by atoms with van der Waals surface area (Å²) in [6, 6.07) is 8.22. The summed E-state index contributed by atoms with van der Waals surface area (Å²) < 4.78 is 7.46. The molecular weight excluding hydrogens is 238 g/mol. The second-order valence-corrected chi connectivity index (χ2v) is 5.19. The normalized spacial score (nSPS) is 13.3. The van der Waals surface area contributed by atoms with Crippen molar-refractivity contribution in [2.75, 3.05) is 20.3 Å². The molecule has 1 aromatic heterocycles. The van der Waals surface area contributed by atoms with Crippen LogP contribution in [0.25, 0.3) is 11.0 Å². The van der Waals surface area contributed by atoms with Crippen molar-refractivity contribution >= 4 is 11.0 Å². The molecule has 0 saturated carbocycles. The lowest BCUT2D eigenvalue weighted by molar-refractivity contribution is 0.186. The number of fused-ring (bicyclic) bond motifs is 1. The van der Waals surface area contributed by atoms with Crippen molar-refractivity contribution in [2.24, 2.45) is 11.7 Å². The van der Waals surface area contributed by atoms with E-state index in [0.29, 0.717) is 19.1 Å². The van der Waals surface area contributed by atoms with E-state index in [-0.39, 0.29) is 5.92 Å². The Morgan fingerprint density at radius 3 is 2.68 bits per heavy atom. The van der Waals surface area contributed by atoms with Crippen LogP contribution in [0.4, 0.5) is 0 Å². The van der Waals surface area contributed by atoms with Gasteiger partial charge in [-0.15, -0.1) is 0 Å². The molecule has 0 aliphatic rings. The Morgan fingerprint density at radius 2 is 2.05 bits per heavy atom. The smallest absolute Gasteiger partial charge is 0.114 e. The number of methoxy groups -OCH3 is 1. The highest BCUT2D eigenvalue weighted by Crippen LogP contribution is 2.26. The molecule has 1 unspecified atom stereocenters. The summed E-state index contributed by atoms with van der Waals surface area (Å²) >= 11 is 0. The van der Waals surface area contributed by atoms with Crippen LogP contribution in [0.3, 0.4) is 0 Å². The van der Waals surface area contributed by atoms with Gasteiger partial charge in [-0.25, -0.2) is 4.98 Å². The van der Waals surface area contributed by atoms with E-state index in [9.17, 15) is 0 Å². The number of nitrogens with two attached hydrogens (primary N) is 1. The van der Waals surface area contributed by atoms with Gasteiger partial charge in [-0.1, -0.05) is 26.0 Å². The molecule has 0 aliphatic carbocycles. The maximum atomic E-state index is 5.94. The maximum absolute atomic E-state index is 5.94. The third-order valence-corrected chi connectivity index (χ3v) is 3.59. The Labute approximate surface area is 114 Å². The number of imidazole rings is 1. The van der Waals surface area contributed by atoms with E-state index in [4.69, 9.17) is 15.5 Å². The Morgan fingerprint density at radius 1 is 1.32 bits per heavy atom. The Balaban J connectivity index is 2.51. The van der Waals surface area contributed by atoms with E-state index in [0.717, 1.165) is 23.4 Å². The van der Waals surface area contributed by atoms with E-state index in [1.165, 1.54) is 0 Å². The molecule has 19 heavy (non-hydrogen) atoms. The summed E-state index contributed by atoms with van der Waals surface area (Å²) in [4.78, 5) is 4.79. The van der Waals surface area contributed by atoms with Crippen molar-refractivity contribution in [1.82, 2.24) is 9.55 Å². The van der Waals surface area contributed by atoms with E-state index in [1.54, 1.807) is 7.11 Å². The van der Waals surface area contributed by atoms with Gasteiger partial charge in [0.25, 0.3) is 0 Å². The highest BCUT2D eigenvalue weighted by molar-refractivity contribution is 5.76. The molecule has 0 saturated heterocycles. The molecule has 1 atom stereocenters. The van der Waals surface area contributed by atoms with Crippen LogP contribution >= 0.6 is 0 Å². The zero-order valence-electron chi connectivity index (χ0n) is 12.0. The highest BCUT2D eigenvalue weighted by Gasteiger charge is 2.21. The first-order valence-electron chi connectivity index (χ1n) is 6.83. The van der Waals surface area contributed by atoms with Crippen LogP contribution in [-0.4, -0.2) is 29.8 Å². The van der Waals surface area contributed by atoms with Crippen LogP contribution in [0.2, 0.25) is 0 Å². The van der Waals surface area contributed by atoms with Crippen LogP contribution in [0, 0.1) is 5.92 Å². The fourth-order valence-electron chi connectivity index (χ4n) is 2.47. The fraction of sp³-hybridized carbons (Fsp3) is 0.533. The predicted molar refractivity (Wildman–Crippen MR) is 78.2 cm³/mol. The topological polar surface area (TPSA) is 53.1 Å². The molecule has 0 radical (unpaired) electrons. The number of aromatic nitrogens is 2. The van der Waals surface area contributed by atoms with Gasteiger partial charge in [0.2, 0.25) is 0 Å². The fourth-order valence-corrected chi connectivity index (χ4v) is 2.47. The van der Waals surface area contributed by atoms with Gasteiger partial charge < -0.3 is 15.0 Å². The average Bonchev–Trinajstić information content (AvgIpc) is 2.75. The monoisotopic (exact) mass is 261 g/mol. The Hall–Kier alpha value is -1.39. The van der Waals surface area contributed by atoms with Crippen molar-refractivity contribution < 1.29 is 4.74 Å². The average molecular weight is 261 g/mol. The lowest BCUT2D eigenvalue weighted by atomic mass is 9.95. The number of hydrogen-bond donors (Lipinski definition) is 1. The number of benzene rings is 1. The lowest BCUT2D eigenvalue weighted by Crippen LogP contribution is -2.22. The summed E-state index contributed by atoms with van der Waals surface area (Å²) in [6.07, 6.45) is 0. The number of rotatable bonds is 6. The van der Waals surface area contributed by atoms with E-state index < -0.39 is 0 Å². The van der Waals surface area contributed by atoms with Crippen LogP contribution in [0.1, 0.15) is 25.6 Å². The van der Waals surface area contributed by atoms with Gasteiger partial charge in [-0.3, -0.25) is 0 Å². The first-order valence-corrected chi connectivity index (χ1v) is 6.83. The molecule has 0 amide bonds. The van der Waals surface area contributed by atoms with Crippen LogP contribution in [0.5, 0.6) is 0 Å². The van der Waals surface area contributed by atoms with Gasteiger partial charge in [0, 0.05) is 26.1 Å². The van der Waals surface area contributed by atoms with E-state index in [2.05, 4.69) is 30.5 Å². The van der Waals surface area contributed by atoms with Crippen molar-refractivity contribution in [3.05, 3.63) is 30.1 Å². The molecule has 0 fully saturated rings. The second kappa shape index (κ2) is 6.17. The summed E-state index contributed by atoms with van der Waals surface area (Å²) in [5.74, 6) is 1.84. The molecule has 0 bridgehead atoms. The van der Waals surface area contributed by atoms with Crippen molar-refractivity contribution in [2.45, 2.75) is 26.3 Å². The third-order valence-electron chi connectivity index (χ3n) is 3.59. The molecule has 1 heterocycles. The van der Waals surface area contributed by atoms with E-state index in [1.807, 2.05) is 12.1 Å². The summed E-state index contributed by atoms with van der Waals surface area (Å²) in [5, 5.41) is 0. The molecule has 0 spiro atoms. The lowest BCUT2D eigenvalue weighted by Gasteiger charge is -2.20. The zero-order chi connectivity index (χ0) is 13.8. The molecule has 4 nitrogen and oxygen atoms in total. The minimum Gasteiger partial charge on any atom is -0.383 e. The van der Waals surface area contributed by atoms with Crippen LogP contribution in [0.15, 0.2) is 24.3 Å². The van der Waals surface area contributed by atoms with Crippen molar-refractivity contribution in [3.63, 3.8) is 0 Å². The second-order valence-electron chi connectivity index (χ2n) is 5.19. The van der Waals surface area contributed by atoms with Gasteiger partial charge in [0.05, 0.1) is 17.6 Å². The first kappa shape index (κ1) is 14.0. The van der Waals surface area contributed by atoms with Crippen molar-refractivity contribution in [3.8, 4) is 0 Å². The van der Waals surface area contributed by atoms with Gasteiger partial charge in [0.15, 0.2) is 0 Å². The molecule has 104 valence electrons. The van der Waals surface area contributed by atoms with Crippen molar-refractivity contribution in [1.29, 1.82) is 0 Å². The Kier molecular flexibility index (Phi) is 4.56. The predicted octanol–water partition coefficient (Wildman–Crippen LogP) is 2.38. The standard InChI is InChI=1S/C15H23N3O/c1-11(2)12(10-16)15-17-13-6-4-5-7-14(13)18(15)8-9-19-3/h4-7,11-12H,8-10,16H2,1-3H3. The molecule has 2 aromatic rings. The van der Waals surface area contributed by atoms with Crippen LogP contribution in [-0.2, 0) is 11.3 Å². The number of ether oxygens (including phenoxy) is 1. The van der Waals surface area contributed by atoms with Gasteiger partial charge in [-0.2, -0.15) is 0 Å². The number of hydrogen-bond acceptors (Lipinski definition) is 3. The van der Waals surface area contributed by atoms with Crippen LogP contribution < -0.4 is 5.73 Å². The molecule has 2 N–H and O–H groups in total. The number of nitrogens with zero attached hydrogens (tertiary/aromatic N) is 2. The first-order chi connectivity index (χ1) is 9.19. The minimum absolute atomic E-state index is 0.282. The summed E-state index contributed by atoms with van der Waals surface area (Å²) in [6.45, 7) is 6.50. The molecule has 1 aromatic carbocycles. The molecule has 4 heteroatoms. The zero-order valence-corrected chi connectivity index (χ0v) is 12.0. The summed E-state index contributed by atoms with van der Waals surface area (Å²) in [7, 11) is 1.72. The van der Waals surface area contributed by atoms with Gasteiger partial charge in [0.1, 0.15) is 5.82 Å². The molecular formula is C15H23N3O. The Bertz CT molecular complexity index is 533. The quantitative estimate of drug-likeness (QED) is 0.868. The highest BCUT2D eigenvalue weighted by atomic mass is 16.5. The van der Waals surface area contributed by atoms with E-state index >= 15 is 0 Å². The largest absolute Gasteiger partial charge is 0.383 e. The number of para-hydroxylation sites is 2. The SMILES string of the molecule is COCCn1c(C(CN)C(C)C)nc2ccccc21. The summed E-state index contributed by atoms with van der Waals surface area (Å²) in [5.41, 5.74) is 8.14. The van der Waals surface area contributed by atoms with Gasteiger partial charge >= 0.3 is 0 Å². The molecule has 0 aliphatic heterocycles. The maximum Gasteiger partial charge on any atom is 0.114 e. The third kappa shape index (κ3) is 2.80. The minimum atomic E-state index is 0.282. The van der Waals surface area contributed by atoms with Gasteiger partial charge in [-0.05, 0) is 18.1 Å².